The zero-order valence-electron chi connectivity index (χ0n) is 26.2. The Labute approximate surface area is 269 Å². The summed E-state index contributed by atoms with van der Waals surface area (Å²) in [6, 6.07) is 7.38. The van der Waals surface area contributed by atoms with Crippen LogP contribution in [0.4, 0.5) is 0 Å². The topological polar surface area (TPSA) is 236 Å². The van der Waals surface area contributed by atoms with E-state index < -0.39 is 69.7 Å². The first-order valence-electron chi connectivity index (χ1n) is 15.4. The van der Waals surface area contributed by atoms with Crippen molar-refractivity contribution in [3.8, 4) is 0 Å². The number of nitrogens with two attached hydrogens (primary N) is 1. The molecule has 16 heteroatoms. The van der Waals surface area contributed by atoms with Gasteiger partial charge in [0.1, 0.15) is 18.2 Å². The van der Waals surface area contributed by atoms with E-state index in [0.29, 0.717) is 6.42 Å². The largest absolute Gasteiger partial charge is 0.472 e. The van der Waals surface area contributed by atoms with Gasteiger partial charge in [0.05, 0.1) is 32.3 Å². The molecular formula is C30H48N5O10P. The van der Waals surface area contributed by atoms with Crippen molar-refractivity contribution in [3.63, 3.8) is 0 Å². The number of phosphoric acid groups is 1. The summed E-state index contributed by atoms with van der Waals surface area (Å²) in [5.41, 5.74) is 7.54. The van der Waals surface area contributed by atoms with E-state index in [9.17, 15) is 34.1 Å². The third-order valence-electron chi connectivity index (χ3n) is 7.21. The Morgan fingerprint density at radius 2 is 1.67 bits per heavy atom. The molecule has 0 fully saturated rings. The Bertz CT molecular complexity index is 1250. The summed E-state index contributed by atoms with van der Waals surface area (Å²) < 4.78 is 23.5. The van der Waals surface area contributed by atoms with E-state index >= 15 is 0 Å². The molecule has 3 amide bonds. The molecule has 0 bridgehead atoms. The highest BCUT2D eigenvalue weighted by Gasteiger charge is 2.35. The summed E-state index contributed by atoms with van der Waals surface area (Å²) in [5.74, 6) is -2.65. The van der Waals surface area contributed by atoms with Crippen LogP contribution in [0.25, 0.3) is 0 Å². The second-order valence-corrected chi connectivity index (χ2v) is 12.4. The Morgan fingerprint density at radius 3 is 2.33 bits per heavy atom. The lowest BCUT2D eigenvalue weighted by molar-refractivity contribution is -0.133. The number of amides is 3. The second-order valence-electron chi connectivity index (χ2n) is 11.0. The number of hydrogen-bond donors (Lipinski definition) is 7. The van der Waals surface area contributed by atoms with Gasteiger partial charge in [-0.25, -0.2) is 9.55 Å². The molecule has 0 aliphatic heterocycles. The normalized spacial score (nSPS) is 15.3. The van der Waals surface area contributed by atoms with Crippen LogP contribution in [0.2, 0.25) is 0 Å². The molecule has 0 aliphatic rings. The maximum Gasteiger partial charge on any atom is 0.472 e. The van der Waals surface area contributed by atoms with Crippen molar-refractivity contribution < 1.29 is 48.2 Å². The van der Waals surface area contributed by atoms with E-state index in [1.807, 2.05) is 10.6 Å². The molecule has 0 aliphatic carbocycles. The lowest BCUT2D eigenvalue weighted by Crippen LogP contribution is -2.57. The Hall–Kier alpha value is -3.17. The number of rotatable bonds is 24. The molecule has 0 spiro atoms. The minimum absolute atomic E-state index is 0.000371. The van der Waals surface area contributed by atoms with Gasteiger partial charge in [0.25, 0.3) is 0 Å². The van der Waals surface area contributed by atoms with Gasteiger partial charge in [-0.15, -0.1) is 0 Å². The molecule has 1 aromatic heterocycles. The molecule has 2 rings (SSSR count). The van der Waals surface area contributed by atoms with Gasteiger partial charge in [0.2, 0.25) is 17.7 Å². The molecule has 8 N–H and O–H groups in total. The molecule has 2 aromatic rings. The number of aromatic nitrogens is 2. The average molecular weight is 670 g/mol. The molecule has 1 heterocycles. The predicted octanol–water partition coefficient (Wildman–Crippen LogP) is 0.722. The summed E-state index contributed by atoms with van der Waals surface area (Å²) in [6.45, 7) is -0.342. The third kappa shape index (κ3) is 14.9. The van der Waals surface area contributed by atoms with Crippen LogP contribution in [0.5, 0.6) is 0 Å². The van der Waals surface area contributed by atoms with E-state index in [1.54, 1.807) is 12.5 Å². The van der Waals surface area contributed by atoms with Crippen LogP contribution < -0.4 is 16.4 Å². The summed E-state index contributed by atoms with van der Waals surface area (Å²) in [7, 11) is -4.82. The van der Waals surface area contributed by atoms with Crippen LogP contribution in [-0.4, -0.2) is 91.6 Å². The van der Waals surface area contributed by atoms with Gasteiger partial charge in [0.15, 0.2) is 0 Å². The van der Waals surface area contributed by atoms with E-state index in [0.717, 1.165) is 44.8 Å². The maximum absolute atomic E-state index is 12.7. The van der Waals surface area contributed by atoms with Crippen LogP contribution in [-0.2, 0) is 47.4 Å². The number of aliphatic hydroxyl groups is 3. The number of benzene rings is 1. The molecule has 15 nitrogen and oxygen atoms in total. The zero-order chi connectivity index (χ0) is 34.0. The standard InChI is InChI=1S/C30H48N5O10P/c1-22(45-46(42,43)44-20-25(38)18-36)28(29(31)40)34-30(41)26(19-37)33-27(39)15-14-24-17-32-21-35(24)16-10-5-3-2-4-7-11-23-12-8-6-9-13-23/h6,8-9,12-13,17,21-22,25-26,28,36-38H,2-5,7,10-11,14-16,18-20H2,1H3,(H2,31,40)(H,33,39)(H,34,41)(H,42,43). The first-order chi connectivity index (χ1) is 22.0. The number of phosphoric ester groups is 1. The number of unbranched alkanes of at least 4 members (excludes halogenated alkanes) is 5. The number of hydrogen-bond acceptors (Lipinski definition) is 10. The molecule has 0 saturated carbocycles. The van der Waals surface area contributed by atoms with Crippen LogP contribution >= 0.6 is 7.82 Å². The monoisotopic (exact) mass is 669 g/mol. The molecule has 5 atom stereocenters. The highest BCUT2D eigenvalue weighted by molar-refractivity contribution is 7.47. The Morgan fingerprint density at radius 1 is 1.00 bits per heavy atom. The van der Waals surface area contributed by atoms with Gasteiger partial charge >= 0.3 is 7.82 Å². The van der Waals surface area contributed by atoms with Crippen LogP contribution in [0.1, 0.15) is 63.1 Å². The lowest BCUT2D eigenvalue weighted by atomic mass is 10.0. The molecule has 5 unspecified atom stereocenters. The van der Waals surface area contributed by atoms with Crippen molar-refractivity contribution in [2.45, 2.75) is 95.5 Å². The van der Waals surface area contributed by atoms with Gasteiger partial charge in [-0.05, 0) is 38.2 Å². The summed E-state index contributed by atoms with van der Waals surface area (Å²) in [4.78, 5) is 51.3. The molecule has 46 heavy (non-hydrogen) atoms. The van der Waals surface area contributed by atoms with Crippen molar-refractivity contribution in [3.05, 3.63) is 54.1 Å². The lowest BCUT2D eigenvalue weighted by Gasteiger charge is -2.26. The molecule has 1 aromatic carbocycles. The van der Waals surface area contributed by atoms with Crippen LogP contribution in [0.3, 0.4) is 0 Å². The Kier molecular flexibility index (Phi) is 17.7. The van der Waals surface area contributed by atoms with Gasteiger partial charge in [-0.3, -0.25) is 23.4 Å². The first-order valence-corrected chi connectivity index (χ1v) is 16.9. The van der Waals surface area contributed by atoms with Crippen molar-refractivity contribution >= 4 is 25.5 Å². The van der Waals surface area contributed by atoms with Crippen LogP contribution in [0.15, 0.2) is 42.9 Å². The highest BCUT2D eigenvalue weighted by atomic mass is 31.2. The quantitative estimate of drug-likeness (QED) is 0.0607. The number of aryl methyl sites for hydroxylation is 3. The van der Waals surface area contributed by atoms with Crippen molar-refractivity contribution in [1.29, 1.82) is 0 Å². The second kappa shape index (κ2) is 20.9. The van der Waals surface area contributed by atoms with Gasteiger partial charge in [-0.2, -0.15) is 0 Å². The van der Waals surface area contributed by atoms with Crippen molar-refractivity contribution in [2.24, 2.45) is 5.73 Å². The minimum atomic E-state index is -4.82. The summed E-state index contributed by atoms with van der Waals surface area (Å²) in [5, 5.41) is 32.4. The number of primary amides is 1. The zero-order valence-corrected chi connectivity index (χ0v) is 27.1. The van der Waals surface area contributed by atoms with E-state index in [2.05, 4.69) is 44.4 Å². The number of nitrogens with one attached hydrogen (secondary N) is 2. The third-order valence-corrected chi connectivity index (χ3v) is 8.29. The first kappa shape index (κ1) is 39.0. The maximum atomic E-state index is 12.7. The summed E-state index contributed by atoms with van der Waals surface area (Å²) in [6.07, 6.45) is 8.68. The summed E-state index contributed by atoms with van der Waals surface area (Å²) >= 11 is 0. The molecular weight excluding hydrogens is 621 g/mol. The van der Waals surface area contributed by atoms with Crippen molar-refractivity contribution in [2.75, 3.05) is 19.8 Å². The number of aliphatic hydroxyl groups excluding tert-OH is 3. The fraction of sp³-hybridized carbons (Fsp3) is 0.600. The SMILES string of the molecule is CC(OP(=O)(O)OCC(O)CO)C(NC(=O)C(CO)NC(=O)CCc1cncn1CCCCCCCCc1ccccc1)C(N)=O. The van der Waals surface area contributed by atoms with E-state index in [4.69, 9.17) is 15.4 Å². The number of carbonyl (C=O) groups is 3. The minimum Gasteiger partial charge on any atom is -0.394 e. The number of nitrogens with zero attached hydrogens (tertiary/aromatic N) is 2. The smallest absolute Gasteiger partial charge is 0.394 e. The molecule has 0 saturated heterocycles. The van der Waals surface area contributed by atoms with E-state index in [1.165, 1.54) is 24.8 Å². The van der Waals surface area contributed by atoms with Gasteiger partial charge in [-0.1, -0.05) is 56.0 Å². The number of carbonyl (C=O) groups excluding carboxylic acids is 3. The van der Waals surface area contributed by atoms with Crippen LogP contribution in [0, 0.1) is 0 Å². The fourth-order valence-electron chi connectivity index (χ4n) is 4.63. The molecule has 0 radical (unpaired) electrons. The van der Waals surface area contributed by atoms with E-state index in [-0.39, 0.29) is 6.42 Å². The fourth-order valence-corrected chi connectivity index (χ4v) is 5.59. The average Bonchev–Trinajstić information content (AvgIpc) is 3.48. The molecule has 258 valence electrons. The highest BCUT2D eigenvalue weighted by Crippen LogP contribution is 2.45. The number of imidazole rings is 1. The van der Waals surface area contributed by atoms with Crippen molar-refractivity contribution in [1.82, 2.24) is 20.2 Å². The Balaban J connectivity index is 1.74. The van der Waals surface area contributed by atoms with Gasteiger partial charge < -0.3 is 41.1 Å². The van der Waals surface area contributed by atoms with Gasteiger partial charge in [0, 0.05) is 24.9 Å². The predicted molar refractivity (Wildman–Crippen MR) is 168 cm³/mol.